The Bertz CT molecular complexity index is 142. The van der Waals surface area contributed by atoms with Crippen molar-refractivity contribution in [1.82, 2.24) is 0 Å². The van der Waals surface area contributed by atoms with Gasteiger partial charge in [-0.2, -0.15) is 0 Å². The Labute approximate surface area is 94.0 Å². The number of hydrogen-bond donors (Lipinski definition) is 2. The summed E-state index contributed by atoms with van der Waals surface area (Å²) in [5, 5.41) is 18.9. The maximum absolute atomic E-state index is 9.46. The van der Waals surface area contributed by atoms with Gasteiger partial charge in [0.15, 0.2) is 0 Å². The molecule has 0 bridgehead atoms. The van der Waals surface area contributed by atoms with E-state index in [4.69, 9.17) is 27.9 Å². The molecule has 1 saturated heterocycles. The van der Waals surface area contributed by atoms with Gasteiger partial charge >= 0.3 is 0 Å². The van der Waals surface area contributed by atoms with Crippen molar-refractivity contribution in [3.8, 4) is 0 Å². The van der Waals surface area contributed by atoms with Crippen LogP contribution in [0.2, 0.25) is 0 Å². The predicted octanol–water partition coefficient (Wildman–Crippen LogP) is 0.981. The third kappa shape index (κ3) is 3.24. The second kappa shape index (κ2) is 6.13. The fourth-order valence-corrected chi connectivity index (χ4v) is 2.08. The second-order valence-electron chi connectivity index (χ2n) is 3.65. The van der Waals surface area contributed by atoms with Crippen LogP contribution in [0.25, 0.3) is 0 Å². The van der Waals surface area contributed by atoms with Crippen molar-refractivity contribution in [2.75, 3.05) is 18.4 Å². The van der Waals surface area contributed by atoms with Crippen molar-refractivity contribution in [1.29, 1.82) is 0 Å². The Hall–Kier alpha value is 0.460. The van der Waals surface area contributed by atoms with Crippen molar-refractivity contribution in [2.24, 2.45) is 5.92 Å². The lowest BCUT2D eigenvalue weighted by atomic mass is 9.92. The first-order valence-electron chi connectivity index (χ1n) is 4.78. The van der Waals surface area contributed by atoms with Gasteiger partial charge in [-0.25, -0.2) is 0 Å². The maximum Gasteiger partial charge on any atom is 0.0936 e. The molecule has 84 valence electrons. The van der Waals surface area contributed by atoms with E-state index >= 15 is 0 Å². The molecule has 1 aliphatic heterocycles. The van der Waals surface area contributed by atoms with Crippen LogP contribution in [-0.2, 0) is 4.74 Å². The highest BCUT2D eigenvalue weighted by Crippen LogP contribution is 2.24. The van der Waals surface area contributed by atoms with Crippen LogP contribution in [0.3, 0.4) is 0 Å². The number of ether oxygens (including phenoxy) is 1. The zero-order valence-electron chi connectivity index (χ0n) is 7.90. The summed E-state index contributed by atoms with van der Waals surface area (Å²) in [5.74, 6) is 0.510. The summed E-state index contributed by atoms with van der Waals surface area (Å²) in [6, 6.07) is 0. The van der Waals surface area contributed by atoms with Gasteiger partial charge in [0.1, 0.15) is 0 Å². The molecular weight excluding hydrogens is 227 g/mol. The van der Waals surface area contributed by atoms with E-state index in [0.717, 1.165) is 12.8 Å². The first-order chi connectivity index (χ1) is 6.69. The van der Waals surface area contributed by atoms with Crippen LogP contribution in [0, 0.1) is 5.92 Å². The molecule has 1 rings (SSSR count). The molecule has 2 N–H and O–H groups in total. The Balaban J connectivity index is 2.31. The fourth-order valence-electron chi connectivity index (χ4n) is 1.62. The molecule has 1 fully saturated rings. The van der Waals surface area contributed by atoms with Gasteiger partial charge in [-0.1, -0.05) is 0 Å². The molecule has 0 amide bonds. The Morgan fingerprint density at radius 3 is 2.21 bits per heavy atom. The van der Waals surface area contributed by atoms with Gasteiger partial charge < -0.3 is 14.9 Å². The quantitative estimate of drug-likeness (QED) is 0.723. The average Bonchev–Trinajstić information content (AvgIpc) is 2.27. The van der Waals surface area contributed by atoms with Crippen LogP contribution in [0.15, 0.2) is 0 Å². The first kappa shape index (κ1) is 12.5. The lowest BCUT2D eigenvalue weighted by Gasteiger charge is -2.32. The molecule has 0 aromatic carbocycles. The van der Waals surface area contributed by atoms with Gasteiger partial charge in [-0.3, -0.25) is 0 Å². The molecule has 0 aliphatic carbocycles. The van der Waals surface area contributed by atoms with Crippen molar-refractivity contribution in [3.05, 3.63) is 0 Å². The number of rotatable bonds is 4. The Morgan fingerprint density at radius 2 is 1.79 bits per heavy atom. The highest BCUT2D eigenvalue weighted by molar-refractivity contribution is 6.18. The highest BCUT2D eigenvalue weighted by atomic mass is 35.5. The minimum atomic E-state index is -0.606. The molecule has 5 heteroatoms. The normalized spacial score (nSPS) is 32.6. The topological polar surface area (TPSA) is 49.7 Å². The van der Waals surface area contributed by atoms with Crippen molar-refractivity contribution in [3.63, 3.8) is 0 Å². The number of hydrogen-bond acceptors (Lipinski definition) is 3. The lowest BCUT2D eigenvalue weighted by Crippen LogP contribution is -2.40. The van der Waals surface area contributed by atoms with Crippen LogP contribution in [0.4, 0.5) is 0 Å². The maximum atomic E-state index is 9.46. The number of aliphatic hydroxyl groups excluding tert-OH is 2. The largest absolute Gasteiger partial charge is 0.392 e. The minimum absolute atomic E-state index is 0.0891. The fraction of sp³-hybridized carbons (Fsp3) is 1.00. The summed E-state index contributed by atoms with van der Waals surface area (Å²) in [6.07, 6.45) is 0.252. The monoisotopic (exact) mass is 242 g/mol. The lowest BCUT2D eigenvalue weighted by molar-refractivity contribution is -0.0923. The zero-order chi connectivity index (χ0) is 10.6. The van der Waals surface area contributed by atoms with E-state index in [2.05, 4.69) is 0 Å². The van der Waals surface area contributed by atoms with Gasteiger partial charge in [0, 0.05) is 11.8 Å². The van der Waals surface area contributed by atoms with Crippen molar-refractivity contribution < 1.29 is 14.9 Å². The third-order valence-corrected chi connectivity index (χ3v) is 3.27. The summed E-state index contributed by atoms with van der Waals surface area (Å²) in [4.78, 5) is 0. The van der Waals surface area contributed by atoms with Gasteiger partial charge in [-0.05, 0) is 12.8 Å². The average molecular weight is 243 g/mol. The third-order valence-electron chi connectivity index (χ3n) is 2.64. The summed E-state index contributed by atoms with van der Waals surface area (Å²) in [5.41, 5.74) is 0. The molecule has 14 heavy (non-hydrogen) atoms. The molecular formula is C9H16Cl2O3. The molecule has 4 atom stereocenters. The van der Waals surface area contributed by atoms with E-state index < -0.39 is 12.2 Å². The summed E-state index contributed by atoms with van der Waals surface area (Å²) < 4.78 is 5.41. The Morgan fingerprint density at radius 1 is 1.14 bits per heavy atom. The zero-order valence-corrected chi connectivity index (χ0v) is 9.42. The second-order valence-corrected chi connectivity index (χ2v) is 4.27. The predicted molar refractivity (Wildman–Crippen MR) is 55.9 cm³/mol. The molecule has 0 saturated carbocycles. The molecule has 0 spiro atoms. The summed E-state index contributed by atoms with van der Waals surface area (Å²) in [7, 11) is 0. The summed E-state index contributed by atoms with van der Waals surface area (Å²) in [6.45, 7) is 0.451. The van der Waals surface area contributed by atoms with Crippen LogP contribution in [-0.4, -0.2) is 46.9 Å². The van der Waals surface area contributed by atoms with Crippen LogP contribution >= 0.6 is 23.2 Å². The minimum Gasteiger partial charge on any atom is -0.392 e. The molecule has 0 aromatic rings. The van der Waals surface area contributed by atoms with E-state index in [9.17, 15) is 10.2 Å². The van der Waals surface area contributed by atoms with E-state index in [1.807, 2.05) is 0 Å². The van der Waals surface area contributed by atoms with Gasteiger partial charge in [-0.15, -0.1) is 23.2 Å². The number of aliphatic hydroxyl groups is 2. The van der Waals surface area contributed by atoms with E-state index in [1.165, 1.54) is 0 Å². The SMILES string of the molecule is OC(CCl)C1CCC(C(O)CCl)OC1. The van der Waals surface area contributed by atoms with Crippen LogP contribution < -0.4 is 0 Å². The molecule has 0 aromatic heterocycles. The summed E-state index contributed by atoms with van der Waals surface area (Å²) >= 11 is 11.0. The standard InChI is InChI=1S/C9H16Cl2O3/c10-3-7(12)6-1-2-9(14-5-6)8(13)4-11/h6-9,12-13H,1-5H2. The van der Waals surface area contributed by atoms with Gasteiger partial charge in [0.25, 0.3) is 0 Å². The molecule has 0 radical (unpaired) electrons. The van der Waals surface area contributed by atoms with E-state index in [0.29, 0.717) is 6.61 Å². The smallest absolute Gasteiger partial charge is 0.0936 e. The first-order valence-corrected chi connectivity index (χ1v) is 5.85. The van der Waals surface area contributed by atoms with Crippen LogP contribution in [0.5, 0.6) is 0 Å². The molecule has 1 heterocycles. The van der Waals surface area contributed by atoms with Crippen molar-refractivity contribution >= 4 is 23.2 Å². The molecule has 1 aliphatic rings. The van der Waals surface area contributed by atoms with E-state index in [1.54, 1.807) is 0 Å². The van der Waals surface area contributed by atoms with Gasteiger partial charge in [0.2, 0.25) is 0 Å². The number of halogens is 2. The van der Waals surface area contributed by atoms with E-state index in [-0.39, 0.29) is 23.8 Å². The van der Waals surface area contributed by atoms with Crippen molar-refractivity contribution in [2.45, 2.75) is 31.2 Å². The molecule has 3 nitrogen and oxygen atoms in total. The van der Waals surface area contributed by atoms with Gasteiger partial charge in [0.05, 0.1) is 30.8 Å². The number of alkyl halides is 2. The Kier molecular flexibility index (Phi) is 5.49. The highest BCUT2D eigenvalue weighted by Gasteiger charge is 2.29. The molecule has 4 unspecified atom stereocenters. The van der Waals surface area contributed by atoms with Crippen LogP contribution in [0.1, 0.15) is 12.8 Å².